The van der Waals surface area contributed by atoms with Gasteiger partial charge in [-0.1, -0.05) is 23.7 Å². The Bertz CT molecular complexity index is 978. The number of hydrogen-bond donors (Lipinski definition) is 1. The molecule has 0 aliphatic rings. The minimum absolute atomic E-state index is 0.346. The average molecular weight is 296 g/mol. The van der Waals surface area contributed by atoms with Crippen LogP contribution in [0.3, 0.4) is 0 Å². The van der Waals surface area contributed by atoms with Crippen molar-refractivity contribution in [2.75, 3.05) is 5.73 Å². The maximum atomic E-state index is 6.01. The van der Waals surface area contributed by atoms with Crippen molar-refractivity contribution in [1.29, 1.82) is 0 Å². The number of halogens is 1. The second kappa shape index (κ2) is 4.46. The van der Waals surface area contributed by atoms with Gasteiger partial charge in [0.2, 0.25) is 0 Å². The van der Waals surface area contributed by atoms with E-state index in [2.05, 4.69) is 9.97 Å². The molecule has 0 aliphatic carbocycles. The number of hydrogen-bond acceptors (Lipinski definition) is 4. The zero-order valence-electron chi connectivity index (χ0n) is 10.9. The Balaban J connectivity index is 1.96. The molecule has 0 spiro atoms. The molecule has 4 aromatic rings. The van der Waals surface area contributed by atoms with Crippen molar-refractivity contribution in [3.63, 3.8) is 0 Å². The standard InChI is InChI=1S/C16H10ClN3O/c17-10-5-6-13-9(7-10)8-14(21-13)15-16(18)20-12-4-2-1-3-11(12)19-15/h1-8H,(H2,18,20). The Morgan fingerprint density at radius 2 is 1.71 bits per heavy atom. The van der Waals surface area contributed by atoms with Gasteiger partial charge < -0.3 is 10.2 Å². The monoisotopic (exact) mass is 295 g/mol. The van der Waals surface area contributed by atoms with Gasteiger partial charge in [-0.2, -0.15) is 0 Å². The highest BCUT2D eigenvalue weighted by atomic mass is 35.5. The van der Waals surface area contributed by atoms with Crippen LogP contribution in [0.2, 0.25) is 5.02 Å². The summed E-state index contributed by atoms with van der Waals surface area (Å²) in [6, 6.07) is 14.9. The molecule has 5 heteroatoms. The molecule has 2 N–H and O–H groups in total. The first kappa shape index (κ1) is 12.2. The predicted octanol–water partition coefficient (Wildman–Crippen LogP) is 4.28. The lowest BCUT2D eigenvalue weighted by Gasteiger charge is -2.03. The van der Waals surface area contributed by atoms with Gasteiger partial charge in [-0.05, 0) is 36.4 Å². The summed E-state index contributed by atoms with van der Waals surface area (Å²) in [6.07, 6.45) is 0. The van der Waals surface area contributed by atoms with E-state index in [1.165, 1.54) is 0 Å². The second-order valence-electron chi connectivity index (χ2n) is 4.74. The third-order valence-corrected chi connectivity index (χ3v) is 3.54. The lowest BCUT2D eigenvalue weighted by Crippen LogP contribution is -1.97. The van der Waals surface area contributed by atoms with Crippen molar-refractivity contribution in [1.82, 2.24) is 9.97 Å². The van der Waals surface area contributed by atoms with Crippen molar-refractivity contribution in [2.24, 2.45) is 0 Å². The Labute approximate surface area is 125 Å². The molecular formula is C16H10ClN3O. The molecule has 4 nitrogen and oxygen atoms in total. The number of rotatable bonds is 1. The van der Waals surface area contributed by atoms with Crippen LogP contribution in [0, 0.1) is 0 Å². The van der Waals surface area contributed by atoms with Crippen LogP contribution in [0.15, 0.2) is 52.9 Å². The predicted molar refractivity (Wildman–Crippen MR) is 84.2 cm³/mol. The van der Waals surface area contributed by atoms with Crippen molar-refractivity contribution in [3.05, 3.63) is 53.6 Å². The Morgan fingerprint density at radius 1 is 0.952 bits per heavy atom. The topological polar surface area (TPSA) is 64.9 Å². The van der Waals surface area contributed by atoms with Gasteiger partial charge in [-0.25, -0.2) is 9.97 Å². The fraction of sp³-hybridized carbons (Fsp3) is 0. The Kier molecular flexibility index (Phi) is 2.59. The normalized spacial score (nSPS) is 11.3. The maximum Gasteiger partial charge on any atom is 0.157 e. The van der Waals surface area contributed by atoms with Crippen LogP contribution in [0.5, 0.6) is 0 Å². The van der Waals surface area contributed by atoms with Gasteiger partial charge in [0.05, 0.1) is 11.0 Å². The van der Waals surface area contributed by atoms with Crippen LogP contribution in [0.25, 0.3) is 33.5 Å². The van der Waals surface area contributed by atoms with E-state index in [1.807, 2.05) is 42.5 Å². The average Bonchev–Trinajstić information content (AvgIpc) is 2.89. The summed E-state index contributed by atoms with van der Waals surface area (Å²) in [5, 5.41) is 1.57. The zero-order valence-corrected chi connectivity index (χ0v) is 11.6. The van der Waals surface area contributed by atoms with Gasteiger partial charge in [0, 0.05) is 10.4 Å². The number of anilines is 1. The number of aromatic nitrogens is 2. The molecule has 0 bridgehead atoms. The van der Waals surface area contributed by atoms with E-state index in [0.717, 1.165) is 22.0 Å². The second-order valence-corrected chi connectivity index (χ2v) is 5.18. The number of benzene rings is 2. The highest BCUT2D eigenvalue weighted by molar-refractivity contribution is 6.31. The minimum atomic E-state index is 0.346. The molecule has 102 valence electrons. The lowest BCUT2D eigenvalue weighted by molar-refractivity contribution is 0.629. The summed E-state index contributed by atoms with van der Waals surface area (Å²) in [5.41, 5.74) is 8.83. The van der Waals surface area contributed by atoms with E-state index in [0.29, 0.717) is 22.3 Å². The molecule has 0 amide bonds. The first-order valence-electron chi connectivity index (χ1n) is 6.42. The molecule has 0 fully saturated rings. The van der Waals surface area contributed by atoms with Gasteiger partial charge in [0.1, 0.15) is 11.3 Å². The molecule has 0 saturated heterocycles. The minimum Gasteiger partial charge on any atom is -0.454 e. The molecule has 4 rings (SSSR count). The van der Waals surface area contributed by atoms with Crippen molar-refractivity contribution in [2.45, 2.75) is 0 Å². The number of nitrogens with two attached hydrogens (primary N) is 1. The Morgan fingerprint density at radius 3 is 2.52 bits per heavy atom. The fourth-order valence-electron chi connectivity index (χ4n) is 2.33. The smallest absolute Gasteiger partial charge is 0.157 e. The lowest BCUT2D eigenvalue weighted by atomic mass is 10.2. The molecule has 0 radical (unpaired) electrons. The van der Waals surface area contributed by atoms with E-state index in [9.17, 15) is 0 Å². The summed E-state index contributed by atoms with van der Waals surface area (Å²) < 4.78 is 5.80. The van der Waals surface area contributed by atoms with Gasteiger partial charge in [-0.3, -0.25) is 0 Å². The third kappa shape index (κ3) is 2.00. The third-order valence-electron chi connectivity index (χ3n) is 3.31. The quantitative estimate of drug-likeness (QED) is 0.569. The van der Waals surface area contributed by atoms with Crippen LogP contribution in [-0.2, 0) is 0 Å². The molecule has 0 saturated carbocycles. The number of para-hydroxylation sites is 2. The van der Waals surface area contributed by atoms with Crippen LogP contribution in [0.4, 0.5) is 5.82 Å². The number of furan rings is 1. The summed E-state index contributed by atoms with van der Waals surface area (Å²) in [7, 11) is 0. The van der Waals surface area contributed by atoms with Crippen LogP contribution in [-0.4, -0.2) is 9.97 Å². The van der Waals surface area contributed by atoms with Crippen LogP contribution in [0.1, 0.15) is 0 Å². The number of nitrogen functional groups attached to an aromatic ring is 1. The number of fused-ring (bicyclic) bond motifs is 2. The van der Waals surface area contributed by atoms with Gasteiger partial charge in [-0.15, -0.1) is 0 Å². The molecule has 2 heterocycles. The summed E-state index contributed by atoms with van der Waals surface area (Å²) in [4.78, 5) is 8.92. The maximum absolute atomic E-state index is 6.01. The van der Waals surface area contributed by atoms with Gasteiger partial charge in [0.15, 0.2) is 11.6 Å². The summed E-state index contributed by atoms with van der Waals surface area (Å²) in [6.45, 7) is 0. The summed E-state index contributed by atoms with van der Waals surface area (Å²) in [5.74, 6) is 0.932. The van der Waals surface area contributed by atoms with Crippen LogP contribution < -0.4 is 5.73 Å². The van der Waals surface area contributed by atoms with E-state index < -0.39 is 0 Å². The van der Waals surface area contributed by atoms with Crippen molar-refractivity contribution in [3.8, 4) is 11.5 Å². The molecule has 21 heavy (non-hydrogen) atoms. The Hall–Kier alpha value is -2.59. The first-order chi connectivity index (χ1) is 10.2. The highest BCUT2D eigenvalue weighted by Crippen LogP contribution is 2.31. The van der Waals surface area contributed by atoms with Gasteiger partial charge >= 0.3 is 0 Å². The van der Waals surface area contributed by atoms with E-state index in [4.69, 9.17) is 21.8 Å². The highest BCUT2D eigenvalue weighted by Gasteiger charge is 2.13. The largest absolute Gasteiger partial charge is 0.454 e. The molecule has 0 atom stereocenters. The van der Waals surface area contributed by atoms with E-state index in [-0.39, 0.29) is 0 Å². The molecule has 0 aliphatic heterocycles. The molecule has 2 aromatic heterocycles. The van der Waals surface area contributed by atoms with E-state index >= 15 is 0 Å². The van der Waals surface area contributed by atoms with Crippen molar-refractivity contribution >= 4 is 39.4 Å². The fourth-order valence-corrected chi connectivity index (χ4v) is 2.51. The van der Waals surface area contributed by atoms with Gasteiger partial charge in [0.25, 0.3) is 0 Å². The van der Waals surface area contributed by atoms with Crippen LogP contribution >= 0.6 is 11.6 Å². The first-order valence-corrected chi connectivity index (χ1v) is 6.80. The van der Waals surface area contributed by atoms with Crippen molar-refractivity contribution < 1.29 is 4.42 Å². The molecule has 2 aromatic carbocycles. The molecule has 0 unspecified atom stereocenters. The summed E-state index contributed by atoms with van der Waals surface area (Å²) >= 11 is 5.99. The van der Waals surface area contributed by atoms with E-state index in [1.54, 1.807) is 6.07 Å². The SMILES string of the molecule is Nc1nc2ccccc2nc1-c1cc2cc(Cl)ccc2o1. The number of nitrogens with zero attached hydrogens (tertiary/aromatic N) is 2. The molecular weight excluding hydrogens is 286 g/mol. The zero-order chi connectivity index (χ0) is 14.4.